The van der Waals surface area contributed by atoms with Crippen molar-refractivity contribution in [1.29, 1.82) is 0 Å². The van der Waals surface area contributed by atoms with Gasteiger partial charge in [0.05, 0.1) is 26.4 Å². The highest BCUT2D eigenvalue weighted by molar-refractivity contribution is 7.47. The molecule has 0 aliphatic rings. The fourth-order valence-corrected chi connectivity index (χ4v) is 14.1. The SMILES string of the molecule is CCCCCCCCCCCCCCCCCCCCCCC(=O)OC[C@H](COP(=O)(O)OC[C@@H](O)COP(=O)(O)OC[C@@H](COC(=O)CCCCCCCCCC)OC(=O)CCCCCCCCCCC(C)C)OC(=O)CCCCCCCCCCCCCCCCCCCCC(C)C. The van der Waals surface area contributed by atoms with Gasteiger partial charge < -0.3 is 33.8 Å². The molecule has 19 heteroatoms. The second kappa shape index (κ2) is 72.6. The summed E-state index contributed by atoms with van der Waals surface area (Å²) < 4.78 is 68.6. The Morgan fingerprint density at radius 2 is 0.460 bits per heavy atom. The number of unbranched alkanes of at least 4 members (excludes halogenated alkanes) is 50. The number of hydrogen-bond acceptors (Lipinski definition) is 15. The van der Waals surface area contributed by atoms with Crippen molar-refractivity contribution in [2.75, 3.05) is 39.6 Å². The molecular formula is C81H158O17P2. The first-order valence-corrected chi connectivity index (χ1v) is 45.0. The first kappa shape index (κ1) is 98.1. The zero-order valence-corrected chi connectivity index (χ0v) is 67.3. The molecule has 0 radical (unpaired) electrons. The van der Waals surface area contributed by atoms with Crippen molar-refractivity contribution < 1.29 is 80.2 Å². The summed E-state index contributed by atoms with van der Waals surface area (Å²) in [4.78, 5) is 72.9. The van der Waals surface area contributed by atoms with Crippen LogP contribution in [-0.2, 0) is 65.4 Å². The molecule has 594 valence electrons. The normalized spacial score (nSPS) is 13.9. The molecule has 0 spiro atoms. The number of phosphoric acid groups is 2. The Labute approximate surface area is 613 Å². The predicted molar refractivity (Wildman–Crippen MR) is 409 cm³/mol. The predicted octanol–water partition coefficient (Wildman–Crippen LogP) is 24.3. The molecule has 0 rings (SSSR count). The van der Waals surface area contributed by atoms with Crippen LogP contribution in [0.1, 0.15) is 427 Å². The van der Waals surface area contributed by atoms with Gasteiger partial charge in [0.2, 0.25) is 0 Å². The summed E-state index contributed by atoms with van der Waals surface area (Å²) in [5, 5.41) is 10.6. The fraction of sp³-hybridized carbons (Fsp3) is 0.951. The van der Waals surface area contributed by atoms with Crippen LogP contribution in [0.25, 0.3) is 0 Å². The number of carbonyl (C=O) groups is 4. The second-order valence-electron chi connectivity index (χ2n) is 30.1. The Balaban J connectivity index is 5.16. The van der Waals surface area contributed by atoms with Crippen LogP contribution >= 0.6 is 15.6 Å². The molecule has 5 atom stereocenters. The molecule has 0 aromatic carbocycles. The van der Waals surface area contributed by atoms with Crippen molar-refractivity contribution in [3.63, 3.8) is 0 Å². The molecular weight excluding hydrogens is 1310 g/mol. The molecule has 17 nitrogen and oxygen atoms in total. The molecule has 0 bridgehead atoms. The van der Waals surface area contributed by atoms with E-state index in [4.69, 9.17) is 37.0 Å². The van der Waals surface area contributed by atoms with E-state index in [-0.39, 0.29) is 25.7 Å². The Hall–Kier alpha value is -1.94. The van der Waals surface area contributed by atoms with Gasteiger partial charge in [0.15, 0.2) is 12.2 Å². The monoisotopic (exact) mass is 1470 g/mol. The highest BCUT2D eigenvalue weighted by Gasteiger charge is 2.30. The minimum Gasteiger partial charge on any atom is -0.462 e. The van der Waals surface area contributed by atoms with Gasteiger partial charge in [-0.3, -0.25) is 37.3 Å². The van der Waals surface area contributed by atoms with Gasteiger partial charge >= 0.3 is 39.5 Å². The minimum atomic E-state index is -4.96. The van der Waals surface area contributed by atoms with Crippen molar-refractivity contribution >= 4 is 39.5 Å². The smallest absolute Gasteiger partial charge is 0.462 e. The molecule has 100 heavy (non-hydrogen) atoms. The first-order chi connectivity index (χ1) is 48.4. The Kier molecular flexibility index (Phi) is 71.2. The maximum Gasteiger partial charge on any atom is 0.472 e. The van der Waals surface area contributed by atoms with Crippen molar-refractivity contribution in [2.45, 2.75) is 445 Å². The number of esters is 4. The lowest BCUT2D eigenvalue weighted by atomic mass is 10.0. The highest BCUT2D eigenvalue weighted by Crippen LogP contribution is 2.45. The van der Waals surface area contributed by atoms with Crippen molar-refractivity contribution in [1.82, 2.24) is 0 Å². The Bertz CT molecular complexity index is 1920. The van der Waals surface area contributed by atoms with Crippen LogP contribution in [0.15, 0.2) is 0 Å². The van der Waals surface area contributed by atoms with Crippen molar-refractivity contribution in [3.8, 4) is 0 Å². The summed E-state index contributed by atoms with van der Waals surface area (Å²) in [6, 6.07) is 0. The van der Waals surface area contributed by atoms with Gasteiger partial charge in [-0.2, -0.15) is 0 Å². The molecule has 2 unspecified atom stereocenters. The highest BCUT2D eigenvalue weighted by atomic mass is 31.2. The summed E-state index contributed by atoms with van der Waals surface area (Å²) in [7, 11) is -9.91. The lowest BCUT2D eigenvalue weighted by Crippen LogP contribution is -2.30. The molecule has 0 fully saturated rings. The summed E-state index contributed by atoms with van der Waals surface area (Å²) in [5.74, 6) is -0.576. The van der Waals surface area contributed by atoms with E-state index in [9.17, 15) is 43.2 Å². The van der Waals surface area contributed by atoms with Crippen LogP contribution in [0.5, 0.6) is 0 Å². The van der Waals surface area contributed by atoms with E-state index < -0.39 is 97.5 Å². The molecule has 3 N–H and O–H groups in total. The number of aliphatic hydroxyl groups excluding tert-OH is 1. The Morgan fingerprint density at radius 3 is 0.680 bits per heavy atom. The fourth-order valence-electron chi connectivity index (χ4n) is 12.5. The lowest BCUT2D eigenvalue weighted by molar-refractivity contribution is -0.161. The Morgan fingerprint density at radius 1 is 0.270 bits per heavy atom. The van der Waals surface area contributed by atoms with Crippen LogP contribution in [-0.4, -0.2) is 96.7 Å². The number of phosphoric ester groups is 2. The van der Waals surface area contributed by atoms with Gasteiger partial charge in [0.25, 0.3) is 0 Å². The third-order valence-corrected chi connectivity index (χ3v) is 20.9. The van der Waals surface area contributed by atoms with Crippen LogP contribution < -0.4 is 0 Å². The van der Waals surface area contributed by atoms with Gasteiger partial charge in [0.1, 0.15) is 19.3 Å². The number of aliphatic hydroxyl groups is 1. The van der Waals surface area contributed by atoms with E-state index >= 15 is 0 Å². The maximum absolute atomic E-state index is 13.1. The molecule has 0 amide bonds. The number of hydrogen-bond donors (Lipinski definition) is 3. The van der Waals surface area contributed by atoms with E-state index in [2.05, 4.69) is 41.5 Å². The van der Waals surface area contributed by atoms with E-state index in [1.807, 2.05) is 0 Å². The zero-order valence-electron chi connectivity index (χ0n) is 65.5. The van der Waals surface area contributed by atoms with E-state index in [1.165, 1.54) is 238 Å². The van der Waals surface area contributed by atoms with Gasteiger partial charge in [0, 0.05) is 25.7 Å². The van der Waals surface area contributed by atoms with Crippen LogP contribution in [0, 0.1) is 11.8 Å². The number of rotatable bonds is 80. The third kappa shape index (κ3) is 74.3. The molecule has 0 aliphatic heterocycles. The van der Waals surface area contributed by atoms with Crippen LogP contribution in [0.3, 0.4) is 0 Å². The van der Waals surface area contributed by atoms with E-state index in [0.29, 0.717) is 25.7 Å². The number of carbonyl (C=O) groups excluding carboxylic acids is 4. The van der Waals surface area contributed by atoms with Gasteiger partial charge in [-0.05, 0) is 37.5 Å². The van der Waals surface area contributed by atoms with Crippen LogP contribution in [0.2, 0.25) is 0 Å². The standard InChI is InChI=1S/C81H158O17P2/c1-7-9-11-13-15-17-18-19-20-21-22-23-27-30-33-36-39-46-52-58-64-79(84)92-70-77(97-80(85)65-59-53-47-40-37-34-31-28-25-24-26-29-32-35-38-43-49-55-61-73(3)4)72-96-100(89,90)94-68-75(82)67-93-99(87,88)95-71-76(69-91-78(83)63-57-51-45-16-14-12-10-8-2)98-81(86)66-60-54-48-42-41-44-50-56-62-74(5)6/h73-77,82H,7-72H2,1-6H3,(H,87,88)(H,89,90)/t75-,76+,77+/m0/s1. The van der Waals surface area contributed by atoms with Crippen LogP contribution in [0.4, 0.5) is 0 Å². The zero-order chi connectivity index (χ0) is 73.5. The van der Waals surface area contributed by atoms with Crippen molar-refractivity contribution in [3.05, 3.63) is 0 Å². The second-order valence-corrected chi connectivity index (χ2v) is 33.0. The summed E-state index contributed by atoms with van der Waals surface area (Å²) in [5.41, 5.74) is 0. The summed E-state index contributed by atoms with van der Waals surface area (Å²) >= 11 is 0. The molecule has 0 saturated heterocycles. The average Bonchev–Trinajstić information content (AvgIpc) is 0.938. The lowest BCUT2D eigenvalue weighted by Gasteiger charge is -2.21. The molecule has 0 aromatic heterocycles. The van der Waals surface area contributed by atoms with E-state index in [0.717, 1.165) is 108 Å². The molecule has 0 heterocycles. The largest absolute Gasteiger partial charge is 0.472 e. The summed E-state index contributed by atoms with van der Waals surface area (Å²) in [6.45, 7) is 9.59. The van der Waals surface area contributed by atoms with Crippen molar-refractivity contribution in [2.24, 2.45) is 11.8 Å². The topological polar surface area (TPSA) is 237 Å². The summed E-state index contributed by atoms with van der Waals surface area (Å²) in [6.07, 6.45) is 62.8. The molecule has 0 aliphatic carbocycles. The molecule has 0 aromatic rings. The average molecular weight is 1470 g/mol. The van der Waals surface area contributed by atoms with Gasteiger partial charge in [-0.25, -0.2) is 9.13 Å². The quantitative estimate of drug-likeness (QED) is 0.0222. The maximum atomic E-state index is 13.1. The minimum absolute atomic E-state index is 0.105. The first-order valence-electron chi connectivity index (χ1n) is 42.0. The molecule has 0 saturated carbocycles. The third-order valence-electron chi connectivity index (χ3n) is 19.0. The van der Waals surface area contributed by atoms with Gasteiger partial charge in [-0.15, -0.1) is 0 Å². The number of ether oxygens (including phenoxy) is 4. The van der Waals surface area contributed by atoms with E-state index in [1.54, 1.807) is 0 Å². The van der Waals surface area contributed by atoms with Gasteiger partial charge in [-0.1, -0.05) is 375 Å².